The Kier molecular flexibility index (Phi) is 5.12. The molecular formula is C17H17NO3. The highest BCUT2D eigenvalue weighted by molar-refractivity contribution is 5.91. The van der Waals surface area contributed by atoms with E-state index in [0.717, 1.165) is 16.7 Å². The van der Waals surface area contributed by atoms with Gasteiger partial charge in [-0.2, -0.15) is 0 Å². The van der Waals surface area contributed by atoms with E-state index in [2.05, 4.69) is 5.32 Å². The molecule has 0 aromatic heterocycles. The SMILES string of the molecule is O=C(/C=C/c1ccc(O)cc1)NCc1ccc(CO)cc1. The molecule has 4 nitrogen and oxygen atoms in total. The van der Waals surface area contributed by atoms with Gasteiger partial charge in [0.1, 0.15) is 5.75 Å². The molecule has 0 atom stereocenters. The molecule has 0 saturated heterocycles. The number of amides is 1. The Morgan fingerprint density at radius 1 is 1.00 bits per heavy atom. The molecule has 0 fully saturated rings. The quantitative estimate of drug-likeness (QED) is 0.737. The lowest BCUT2D eigenvalue weighted by Gasteiger charge is -2.03. The van der Waals surface area contributed by atoms with Gasteiger partial charge in [-0.3, -0.25) is 4.79 Å². The van der Waals surface area contributed by atoms with Gasteiger partial charge in [0.05, 0.1) is 6.61 Å². The molecule has 2 aromatic rings. The summed E-state index contributed by atoms with van der Waals surface area (Å²) >= 11 is 0. The molecular weight excluding hydrogens is 266 g/mol. The van der Waals surface area contributed by atoms with E-state index >= 15 is 0 Å². The van der Waals surface area contributed by atoms with Crippen LogP contribution in [0.3, 0.4) is 0 Å². The molecule has 0 heterocycles. The first-order valence-corrected chi connectivity index (χ1v) is 6.61. The van der Waals surface area contributed by atoms with Gasteiger partial charge in [-0.15, -0.1) is 0 Å². The molecule has 0 radical (unpaired) electrons. The van der Waals surface area contributed by atoms with Gasteiger partial charge in [-0.05, 0) is 34.9 Å². The number of phenolic OH excluding ortho intramolecular Hbond substituents is 1. The Morgan fingerprint density at radius 2 is 1.62 bits per heavy atom. The first-order chi connectivity index (χ1) is 10.2. The van der Waals surface area contributed by atoms with Crippen molar-refractivity contribution < 1.29 is 15.0 Å². The van der Waals surface area contributed by atoms with E-state index in [1.54, 1.807) is 30.3 Å². The Labute approximate surface area is 123 Å². The van der Waals surface area contributed by atoms with Crippen LogP contribution in [0.5, 0.6) is 5.75 Å². The lowest BCUT2D eigenvalue weighted by atomic mass is 10.1. The Balaban J connectivity index is 1.85. The summed E-state index contributed by atoms with van der Waals surface area (Å²) in [6, 6.07) is 14.0. The second kappa shape index (κ2) is 7.26. The van der Waals surface area contributed by atoms with Gasteiger partial charge in [0.25, 0.3) is 0 Å². The van der Waals surface area contributed by atoms with Crippen molar-refractivity contribution in [2.45, 2.75) is 13.2 Å². The van der Waals surface area contributed by atoms with E-state index in [1.165, 1.54) is 6.08 Å². The summed E-state index contributed by atoms with van der Waals surface area (Å²) in [5.41, 5.74) is 2.66. The second-order valence-electron chi connectivity index (χ2n) is 4.62. The van der Waals surface area contributed by atoms with Crippen LogP contribution in [-0.4, -0.2) is 16.1 Å². The number of phenols is 1. The number of hydrogen-bond acceptors (Lipinski definition) is 3. The third kappa shape index (κ3) is 4.78. The number of carbonyl (C=O) groups excluding carboxylic acids is 1. The summed E-state index contributed by atoms with van der Waals surface area (Å²) in [4.78, 5) is 11.7. The van der Waals surface area contributed by atoms with Crippen molar-refractivity contribution in [3.05, 3.63) is 71.3 Å². The summed E-state index contributed by atoms with van der Waals surface area (Å²) in [7, 11) is 0. The average Bonchev–Trinajstić information content (AvgIpc) is 2.53. The topological polar surface area (TPSA) is 69.6 Å². The number of aromatic hydroxyl groups is 1. The lowest BCUT2D eigenvalue weighted by Crippen LogP contribution is -2.20. The number of carbonyl (C=O) groups is 1. The van der Waals surface area contributed by atoms with Crippen LogP contribution >= 0.6 is 0 Å². The predicted octanol–water partition coefficient (Wildman–Crippen LogP) is 2.21. The minimum atomic E-state index is -0.186. The maximum absolute atomic E-state index is 11.7. The highest BCUT2D eigenvalue weighted by Crippen LogP contribution is 2.10. The summed E-state index contributed by atoms with van der Waals surface area (Å²) in [5.74, 6) is 0.0113. The zero-order chi connectivity index (χ0) is 15.1. The van der Waals surface area contributed by atoms with Crippen LogP contribution in [-0.2, 0) is 17.9 Å². The van der Waals surface area contributed by atoms with Crippen LogP contribution in [0.1, 0.15) is 16.7 Å². The number of nitrogens with one attached hydrogen (secondary N) is 1. The standard InChI is InChI=1S/C17H17NO3/c19-12-15-3-1-14(2-4-15)11-18-17(21)10-7-13-5-8-16(20)9-6-13/h1-10,19-20H,11-12H2,(H,18,21)/b10-7+. The molecule has 108 valence electrons. The molecule has 0 spiro atoms. The van der Waals surface area contributed by atoms with Crippen LogP contribution in [0, 0.1) is 0 Å². The van der Waals surface area contributed by atoms with Crippen LogP contribution < -0.4 is 5.32 Å². The first-order valence-electron chi connectivity index (χ1n) is 6.61. The highest BCUT2D eigenvalue weighted by Gasteiger charge is 1.98. The molecule has 0 aliphatic carbocycles. The normalized spacial score (nSPS) is 10.7. The van der Waals surface area contributed by atoms with Crippen molar-refractivity contribution in [1.82, 2.24) is 5.32 Å². The zero-order valence-corrected chi connectivity index (χ0v) is 11.5. The van der Waals surface area contributed by atoms with Gasteiger partial charge in [-0.1, -0.05) is 36.4 Å². The third-order valence-corrected chi connectivity index (χ3v) is 2.99. The Bertz CT molecular complexity index is 615. The molecule has 0 saturated carbocycles. The fourth-order valence-corrected chi connectivity index (χ4v) is 1.77. The van der Waals surface area contributed by atoms with Gasteiger partial charge >= 0.3 is 0 Å². The molecule has 2 rings (SSSR count). The third-order valence-electron chi connectivity index (χ3n) is 2.99. The van der Waals surface area contributed by atoms with E-state index < -0.39 is 0 Å². The van der Waals surface area contributed by atoms with E-state index in [-0.39, 0.29) is 18.3 Å². The van der Waals surface area contributed by atoms with E-state index in [1.807, 2.05) is 24.3 Å². The second-order valence-corrected chi connectivity index (χ2v) is 4.62. The monoisotopic (exact) mass is 283 g/mol. The fraction of sp³-hybridized carbons (Fsp3) is 0.118. The Hall–Kier alpha value is -2.59. The first kappa shape index (κ1) is 14.8. The van der Waals surface area contributed by atoms with Crippen molar-refractivity contribution >= 4 is 12.0 Å². The number of aliphatic hydroxyl groups excluding tert-OH is 1. The van der Waals surface area contributed by atoms with Crippen molar-refractivity contribution in [1.29, 1.82) is 0 Å². The van der Waals surface area contributed by atoms with E-state index in [9.17, 15) is 4.79 Å². The van der Waals surface area contributed by atoms with Gasteiger partial charge in [0.15, 0.2) is 0 Å². The Morgan fingerprint density at radius 3 is 2.24 bits per heavy atom. The molecule has 1 amide bonds. The maximum atomic E-state index is 11.7. The maximum Gasteiger partial charge on any atom is 0.244 e. The van der Waals surface area contributed by atoms with Gasteiger partial charge in [0.2, 0.25) is 5.91 Å². The largest absolute Gasteiger partial charge is 0.508 e. The summed E-state index contributed by atoms with van der Waals surface area (Å²) in [6.45, 7) is 0.451. The molecule has 21 heavy (non-hydrogen) atoms. The molecule has 0 unspecified atom stereocenters. The molecule has 3 N–H and O–H groups in total. The van der Waals surface area contributed by atoms with Crippen molar-refractivity contribution in [2.24, 2.45) is 0 Å². The van der Waals surface area contributed by atoms with E-state index in [4.69, 9.17) is 10.2 Å². The predicted molar refractivity (Wildman–Crippen MR) is 81.4 cm³/mol. The minimum Gasteiger partial charge on any atom is -0.508 e. The number of rotatable bonds is 5. The summed E-state index contributed by atoms with van der Waals surface area (Å²) < 4.78 is 0. The van der Waals surface area contributed by atoms with Gasteiger partial charge in [0, 0.05) is 12.6 Å². The molecule has 0 aliphatic heterocycles. The van der Waals surface area contributed by atoms with Gasteiger partial charge in [-0.25, -0.2) is 0 Å². The van der Waals surface area contributed by atoms with Crippen molar-refractivity contribution in [2.75, 3.05) is 0 Å². The molecule has 0 aliphatic rings. The van der Waals surface area contributed by atoms with Crippen LogP contribution in [0.25, 0.3) is 6.08 Å². The number of hydrogen-bond donors (Lipinski definition) is 3. The summed E-state index contributed by atoms with van der Waals surface area (Å²) in [5, 5.41) is 20.9. The van der Waals surface area contributed by atoms with Gasteiger partial charge < -0.3 is 15.5 Å². The molecule has 0 bridgehead atoms. The fourth-order valence-electron chi connectivity index (χ4n) is 1.77. The van der Waals surface area contributed by atoms with Crippen LogP contribution in [0.2, 0.25) is 0 Å². The molecule has 4 heteroatoms. The van der Waals surface area contributed by atoms with Crippen LogP contribution in [0.15, 0.2) is 54.6 Å². The van der Waals surface area contributed by atoms with Crippen molar-refractivity contribution in [3.8, 4) is 5.75 Å². The average molecular weight is 283 g/mol. The zero-order valence-electron chi connectivity index (χ0n) is 11.5. The smallest absolute Gasteiger partial charge is 0.244 e. The number of aliphatic hydroxyl groups is 1. The lowest BCUT2D eigenvalue weighted by molar-refractivity contribution is -0.116. The van der Waals surface area contributed by atoms with E-state index in [0.29, 0.717) is 6.54 Å². The number of benzene rings is 2. The minimum absolute atomic E-state index is 0.0159. The summed E-state index contributed by atoms with van der Waals surface area (Å²) in [6.07, 6.45) is 3.14. The molecule has 2 aromatic carbocycles. The van der Waals surface area contributed by atoms with Crippen LogP contribution in [0.4, 0.5) is 0 Å². The highest BCUT2D eigenvalue weighted by atomic mass is 16.3. The van der Waals surface area contributed by atoms with Crippen molar-refractivity contribution in [3.63, 3.8) is 0 Å².